The smallest absolute Gasteiger partial charge is 0.267 e. The van der Waals surface area contributed by atoms with Crippen molar-refractivity contribution in [3.05, 3.63) is 51.9 Å². The highest BCUT2D eigenvalue weighted by molar-refractivity contribution is 6.34. The summed E-state index contributed by atoms with van der Waals surface area (Å²) in [4.78, 5) is 23.2. The Hall–Kier alpha value is -2.34. The fourth-order valence-electron chi connectivity index (χ4n) is 1.46. The Kier molecular flexibility index (Phi) is 3.82. The van der Waals surface area contributed by atoms with Crippen molar-refractivity contribution < 1.29 is 4.79 Å². The largest absolute Gasteiger partial charge is 0.399 e. The first kappa shape index (κ1) is 13.1. The quantitative estimate of drug-likeness (QED) is 0.823. The van der Waals surface area contributed by atoms with E-state index in [1.54, 1.807) is 12.1 Å². The van der Waals surface area contributed by atoms with Gasteiger partial charge < -0.3 is 11.1 Å². The Balaban J connectivity index is 2.10. The monoisotopic (exact) mass is 278 g/mol. The van der Waals surface area contributed by atoms with Crippen LogP contribution in [-0.4, -0.2) is 15.7 Å². The number of carbonyl (C=O) groups is 1. The van der Waals surface area contributed by atoms with Gasteiger partial charge in [-0.2, -0.15) is 5.10 Å². The zero-order valence-corrected chi connectivity index (χ0v) is 10.6. The van der Waals surface area contributed by atoms with Gasteiger partial charge in [0.15, 0.2) is 0 Å². The van der Waals surface area contributed by atoms with Crippen LogP contribution in [0.15, 0.2) is 41.3 Å². The lowest BCUT2D eigenvalue weighted by atomic mass is 10.3. The lowest BCUT2D eigenvalue weighted by Crippen LogP contribution is -2.28. The van der Waals surface area contributed by atoms with Gasteiger partial charge in [0, 0.05) is 18.0 Å². The molecule has 0 aliphatic heterocycles. The maximum Gasteiger partial charge on any atom is 0.267 e. The van der Waals surface area contributed by atoms with Gasteiger partial charge in [0.05, 0.1) is 10.7 Å². The minimum absolute atomic E-state index is 0.180. The number of hydrogen-bond acceptors (Lipinski definition) is 4. The number of nitrogens with two attached hydrogens (primary N) is 1. The van der Waals surface area contributed by atoms with Crippen LogP contribution in [0.2, 0.25) is 5.02 Å². The molecule has 0 spiro atoms. The van der Waals surface area contributed by atoms with E-state index in [1.807, 2.05) is 0 Å². The summed E-state index contributed by atoms with van der Waals surface area (Å²) in [6, 6.07) is 7.58. The fourth-order valence-corrected chi connectivity index (χ4v) is 1.70. The first-order valence-electron chi connectivity index (χ1n) is 5.43. The van der Waals surface area contributed by atoms with Crippen LogP contribution in [0.1, 0.15) is 0 Å². The Morgan fingerprint density at radius 1 is 1.42 bits per heavy atom. The van der Waals surface area contributed by atoms with Crippen LogP contribution in [-0.2, 0) is 11.3 Å². The summed E-state index contributed by atoms with van der Waals surface area (Å²) in [6.07, 6.45) is 1.44. The SMILES string of the molecule is Nc1ccc(NC(=O)Cn2ncccc2=O)c(Cl)c1. The van der Waals surface area contributed by atoms with Crippen molar-refractivity contribution >= 4 is 28.9 Å². The third-order valence-corrected chi connectivity index (χ3v) is 2.66. The van der Waals surface area contributed by atoms with E-state index in [0.717, 1.165) is 4.68 Å². The van der Waals surface area contributed by atoms with Gasteiger partial charge in [0.1, 0.15) is 6.54 Å². The zero-order valence-electron chi connectivity index (χ0n) is 9.84. The summed E-state index contributed by atoms with van der Waals surface area (Å²) >= 11 is 5.93. The summed E-state index contributed by atoms with van der Waals surface area (Å²) in [5.41, 5.74) is 6.14. The highest BCUT2D eigenvalue weighted by Crippen LogP contribution is 2.23. The van der Waals surface area contributed by atoms with Crippen LogP contribution >= 0.6 is 11.6 Å². The summed E-state index contributed by atoms with van der Waals surface area (Å²) in [6.45, 7) is -0.180. The molecule has 0 radical (unpaired) electrons. The van der Waals surface area contributed by atoms with Gasteiger partial charge in [-0.1, -0.05) is 11.6 Å². The molecule has 7 heteroatoms. The number of anilines is 2. The average molecular weight is 279 g/mol. The molecule has 3 N–H and O–H groups in total. The second-order valence-corrected chi connectivity index (χ2v) is 4.21. The van der Waals surface area contributed by atoms with Crippen LogP contribution in [0, 0.1) is 0 Å². The first-order chi connectivity index (χ1) is 9.06. The topological polar surface area (TPSA) is 90.0 Å². The van der Waals surface area contributed by atoms with Gasteiger partial charge in [-0.3, -0.25) is 9.59 Å². The lowest BCUT2D eigenvalue weighted by molar-refractivity contribution is -0.117. The first-order valence-corrected chi connectivity index (χ1v) is 5.81. The second kappa shape index (κ2) is 5.53. The van der Waals surface area contributed by atoms with Crippen molar-refractivity contribution in [1.82, 2.24) is 9.78 Å². The van der Waals surface area contributed by atoms with Gasteiger partial charge in [0.2, 0.25) is 5.91 Å². The molecule has 0 bridgehead atoms. The minimum atomic E-state index is -0.396. The molecular formula is C12H11ClN4O2. The highest BCUT2D eigenvalue weighted by Gasteiger charge is 2.08. The molecule has 0 fully saturated rings. The molecule has 0 saturated carbocycles. The summed E-state index contributed by atoms with van der Waals surface area (Å²) in [7, 11) is 0. The normalized spacial score (nSPS) is 10.2. The van der Waals surface area contributed by atoms with E-state index < -0.39 is 5.91 Å². The molecule has 6 nitrogen and oxygen atoms in total. The van der Waals surface area contributed by atoms with Crippen LogP contribution in [0.25, 0.3) is 0 Å². The lowest BCUT2D eigenvalue weighted by Gasteiger charge is -2.08. The summed E-state index contributed by atoms with van der Waals surface area (Å²) in [5, 5.41) is 6.71. The predicted molar refractivity (Wildman–Crippen MR) is 73.0 cm³/mol. The number of amides is 1. The van der Waals surface area contributed by atoms with Crippen LogP contribution in [0.4, 0.5) is 11.4 Å². The number of nitrogens with zero attached hydrogens (tertiary/aromatic N) is 2. The molecule has 0 aliphatic rings. The van der Waals surface area contributed by atoms with Crippen molar-refractivity contribution in [3.8, 4) is 0 Å². The minimum Gasteiger partial charge on any atom is -0.399 e. The van der Waals surface area contributed by atoms with E-state index in [0.29, 0.717) is 16.4 Å². The van der Waals surface area contributed by atoms with E-state index in [2.05, 4.69) is 10.4 Å². The third kappa shape index (κ3) is 3.32. The van der Waals surface area contributed by atoms with Gasteiger partial charge >= 0.3 is 0 Å². The number of hydrogen-bond donors (Lipinski definition) is 2. The number of benzene rings is 1. The van der Waals surface area contributed by atoms with Crippen molar-refractivity contribution in [1.29, 1.82) is 0 Å². The molecule has 2 rings (SSSR count). The summed E-state index contributed by atoms with van der Waals surface area (Å²) in [5.74, 6) is -0.396. The van der Waals surface area contributed by atoms with Gasteiger partial charge in [-0.05, 0) is 24.3 Å². The number of nitrogen functional groups attached to an aromatic ring is 1. The molecule has 2 aromatic rings. The molecule has 0 unspecified atom stereocenters. The molecule has 98 valence electrons. The van der Waals surface area contributed by atoms with Crippen molar-refractivity contribution in [2.75, 3.05) is 11.1 Å². The number of nitrogens with one attached hydrogen (secondary N) is 1. The van der Waals surface area contributed by atoms with Crippen LogP contribution in [0.3, 0.4) is 0 Å². The standard InChI is InChI=1S/C12H11ClN4O2/c13-9-6-8(14)3-4-10(9)16-11(18)7-17-12(19)2-1-5-15-17/h1-6H,7,14H2,(H,16,18). The predicted octanol–water partition coefficient (Wildman–Crippen LogP) is 1.12. The number of halogens is 1. The molecule has 1 amide bonds. The van der Waals surface area contributed by atoms with E-state index in [-0.39, 0.29) is 12.1 Å². The Labute approximate surface area is 113 Å². The Morgan fingerprint density at radius 2 is 2.21 bits per heavy atom. The average Bonchev–Trinajstić information content (AvgIpc) is 2.36. The van der Waals surface area contributed by atoms with Crippen LogP contribution < -0.4 is 16.6 Å². The van der Waals surface area contributed by atoms with E-state index in [4.69, 9.17) is 17.3 Å². The molecule has 0 aliphatic carbocycles. The molecule has 1 aromatic carbocycles. The number of rotatable bonds is 3. The molecule has 1 aromatic heterocycles. The Morgan fingerprint density at radius 3 is 2.89 bits per heavy atom. The van der Waals surface area contributed by atoms with E-state index >= 15 is 0 Å². The second-order valence-electron chi connectivity index (χ2n) is 3.81. The summed E-state index contributed by atoms with van der Waals surface area (Å²) < 4.78 is 1.06. The zero-order chi connectivity index (χ0) is 13.8. The Bertz CT molecular complexity index is 669. The van der Waals surface area contributed by atoms with E-state index in [9.17, 15) is 9.59 Å². The van der Waals surface area contributed by atoms with Crippen molar-refractivity contribution in [3.63, 3.8) is 0 Å². The van der Waals surface area contributed by atoms with Crippen molar-refractivity contribution in [2.24, 2.45) is 0 Å². The number of aromatic nitrogens is 2. The fraction of sp³-hybridized carbons (Fsp3) is 0.0833. The third-order valence-electron chi connectivity index (χ3n) is 2.35. The maximum absolute atomic E-state index is 11.8. The van der Waals surface area contributed by atoms with Gasteiger partial charge in [-0.25, -0.2) is 4.68 Å². The molecule has 0 atom stereocenters. The van der Waals surface area contributed by atoms with Gasteiger partial charge in [-0.15, -0.1) is 0 Å². The maximum atomic E-state index is 11.8. The molecule has 1 heterocycles. The van der Waals surface area contributed by atoms with Crippen LogP contribution in [0.5, 0.6) is 0 Å². The van der Waals surface area contributed by atoms with Crippen molar-refractivity contribution in [2.45, 2.75) is 6.54 Å². The molecule has 19 heavy (non-hydrogen) atoms. The van der Waals surface area contributed by atoms with Gasteiger partial charge in [0.25, 0.3) is 5.56 Å². The molecular weight excluding hydrogens is 268 g/mol. The van der Waals surface area contributed by atoms with E-state index in [1.165, 1.54) is 24.4 Å². The molecule has 0 saturated heterocycles. The number of carbonyl (C=O) groups excluding carboxylic acids is 1. The highest BCUT2D eigenvalue weighted by atomic mass is 35.5.